The third kappa shape index (κ3) is 13.3. The maximum atomic E-state index is 13.8. The van der Waals surface area contributed by atoms with Crippen LogP contribution < -0.4 is 16.0 Å². The van der Waals surface area contributed by atoms with Gasteiger partial charge in [-0.25, -0.2) is 0 Å². The van der Waals surface area contributed by atoms with Crippen LogP contribution in [0, 0.1) is 42.4 Å². The van der Waals surface area contributed by atoms with E-state index in [9.17, 15) is 24.6 Å². The van der Waals surface area contributed by atoms with E-state index in [-0.39, 0.29) is 12.3 Å². The van der Waals surface area contributed by atoms with E-state index in [0.29, 0.717) is 51.1 Å². The summed E-state index contributed by atoms with van der Waals surface area (Å²) in [4.78, 5) is 42.3. The molecule has 1 aliphatic rings. The van der Waals surface area contributed by atoms with E-state index >= 15 is 0 Å². The smallest absolute Gasteiger partial charge is 0.244 e. The van der Waals surface area contributed by atoms with Crippen LogP contribution in [-0.2, 0) is 20.8 Å². The topological polar surface area (TPSA) is 131 Å². The highest BCUT2D eigenvalue weighted by Crippen LogP contribution is 2.29. The molecule has 0 bridgehead atoms. The SMILES string of the molecule is C#CCCC[C@H](O)[C@H](O)[C@H](CC1CCCCC1)NC(=O)[C@@H](NC(=O)[C@@H](CC(=O)N(C)CCNC)Cc1ccccc1)C(C)C#C. The zero-order valence-corrected chi connectivity index (χ0v) is 27.3. The van der Waals surface area contributed by atoms with Crippen LogP contribution in [0.5, 0.6) is 0 Å². The van der Waals surface area contributed by atoms with Crippen molar-refractivity contribution in [1.29, 1.82) is 0 Å². The van der Waals surface area contributed by atoms with Crippen molar-refractivity contribution in [3.63, 3.8) is 0 Å². The highest BCUT2D eigenvalue weighted by molar-refractivity contribution is 5.91. The van der Waals surface area contributed by atoms with Crippen LogP contribution in [0.15, 0.2) is 30.3 Å². The highest BCUT2D eigenvalue weighted by atomic mass is 16.3. The van der Waals surface area contributed by atoms with Crippen molar-refractivity contribution < 1.29 is 24.6 Å². The first-order chi connectivity index (χ1) is 21.6. The van der Waals surface area contributed by atoms with Crippen molar-refractivity contribution in [2.45, 2.75) is 102 Å². The van der Waals surface area contributed by atoms with Crippen molar-refractivity contribution in [2.75, 3.05) is 27.2 Å². The van der Waals surface area contributed by atoms with Gasteiger partial charge < -0.3 is 31.1 Å². The van der Waals surface area contributed by atoms with Gasteiger partial charge in [0, 0.05) is 38.9 Å². The maximum absolute atomic E-state index is 13.8. The first-order valence-corrected chi connectivity index (χ1v) is 16.4. The molecule has 2 rings (SSSR count). The summed E-state index contributed by atoms with van der Waals surface area (Å²) in [7, 11) is 3.51. The van der Waals surface area contributed by atoms with Crippen molar-refractivity contribution >= 4 is 17.7 Å². The predicted octanol–water partition coefficient (Wildman–Crippen LogP) is 2.65. The molecule has 0 radical (unpaired) electrons. The van der Waals surface area contributed by atoms with Crippen LogP contribution in [-0.4, -0.2) is 84.3 Å². The molecule has 1 unspecified atom stereocenters. The summed E-state index contributed by atoms with van der Waals surface area (Å²) in [6.07, 6.45) is 16.3. The standard InChI is InChI=1S/C36H54N4O5/c1-6-8-11-20-31(41)34(43)30(24-28-18-14-10-15-19-28)38-36(45)33(26(3)7-2)39-35(44)29(23-27-16-12-9-13-17-27)25-32(42)40(5)22-21-37-4/h1-2,9,12-13,16-17,26,28-31,33-34,37,41,43H,8,10-11,14-15,18-25H2,3-5H3,(H,38,45)(H,39,44)/t26?,29-,30+,31+,33+,34-/m1/s1. The van der Waals surface area contributed by atoms with Crippen LogP contribution in [0.2, 0.25) is 0 Å². The molecule has 9 nitrogen and oxygen atoms in total. The normalized spacial score (nSPS) is 17.4. The number of hydrogen-bond acceptors (Lipinski definition) is 6. The quantitative estimate of drug-likeness (QED) is 0.119. The zero-order chi connectivity index (χ0) is 33.2. The first kappa shape index (κ1) is 37.8. The molecule has 0 spiro atoms. The molecule has 5 N–H and O–H groups in total. The molecule has 1 aromatic rings. The van der Waals surface area contributed by atoms with Crippen molar-refractivity contribution in [2.24, 2.45) is 17.8 Å². The Bertz CT molecular complexity index is 1120. The second-order valence-electron chi connectivity index (χ2n) is 12.5. The fourth-order valence-corrected chi connectivity index (χ4v) is 5.90. The Labute approximate surface area is 270 Å². The van der Waals surface area contributed by atoms with Gasteiger partial charge in [-0.1, -0.05) is 62.4 Å². The van der Waals surface area contributed by atoms with Crippen LogP contribution in [0.25, 0.3) is 0 Å². The second-order valence-corrected chi connectivity index (χ2v) is 12.5. The number of likely N-dealkylation sites (N-methyl/N-ethyl adjacent to an activating group) is 2. The Morgan fingerprint density at radius 3 is 2.36 bits per heavy atom. The van der Waals surface area contributed by atoms with Crippen molar-refractivity contribution in [3.8, 4) is 24.7 Å². The van der Waals surface area contributed by atoms with Gasteiger partial charge in [-0.2, -0.15) is 0 Å². The molecule has 0 saturated heterocycles. The third-order valence-corrected chi connectivity index (χ3v) is 8.85. The number of hydrogen-bond donors (Lipinski definition) is 5. The molecular formula is C36H54N4O5. The summed E-state index contributed by atoms with van der Waals surface area (Å²) in [5.41, 5.74) is 0.892. The number of aliphatic hydroxyl groups is 2. The molecule has 0 aromatic heterocycles. The molecule has 0 aliphatic heterocycles. The number of benzene rings is 1. The van der Waals surface area contributed by atoms with Gasteiger partial charge >= 0.3 is 0 Å². The summed E-state index contributed by atoms with van der Waals surface area (Å²) in [5.74, 6) is 2.86. The van der Waals surface area contributed by atoms with Gasteiger partial charge in [0.2, 0.25) is 17.7 Å². The monoisotopic (exact) mass is 622 g/mol. The van der Waals surface area contributed by atoms with Gasteiger partial charge in [0.1, 0.15) is 6.04 Å². The van der Waals surface area contributed by atoms with E-state index in [0.717, 1.165) is 37.7 Å². The molecule has 9 heteroatoms. The van der Waals surface area contributed by atoms with E-state index < -0.39 is 47.9 Å². The molecule has 1 saturated carbocycles. The Morgan fingerprint density at radius 1 is 1.04 bits per heavy atom. The lowest BCUT2D eigenvalue weighted by Gasteiger charge is -2.34. The van der Waals surface area contributed by atoms with Gasteiger partial charge in [-0.05, 0) is 51.1 Å². The molecule has 1 aliphatic carbocycles. The summed E-state index contributed by atoms with van der Waals surface area (Å²) < 4.78 is 0. The molecule has 1 fully saturated rings. The summed E-state index contributed by atoms with van der Waals surface area (Å²) >= 11 is 0. The Balaban J connectivity index is 2.26. The molecule has 3 amide bonds. The lowest BCUT2D eigenvalue weighted by atomic mass is 9.82. The Hall–Kier alpha value is -3.37. The Kier molecular flexibility index (Phi) is 17.3. The fourth-order valence-electron chi connectivity index (χ4n) is 5.90. The second kappa shape index (κ2) is 20.6. The molecule has 0 heterocycles. The predicted molar refractivity (Wildman–Crippen MR) is 178 cm³/mol. The van der Waals surface area contributed by atoms with Gasteiger partial charge in [-0.15, -0.1) is 24.7 Å². The number of carbonyl (C=O) groups is 3. The van der Waals surface area contributed by atoms with E-state index in [2.05, 4.69) is 27.8 Å². The lowest BCUT2D eigenvalue weighted by molar-refractivity contribution is -0.137. The minimum Gasteiger partial charge on any atom is -0.390 e. The number of carbonyl (C=O) groups excluding carboxylic acids is 3. The number of nitrogens with zero attached hydrogens (tertiary/aromatic N) is 1. The molecule has 45 heavy (non-hydrogen) atoms. The summed E-state index contributed by atoms with van der Waals surface area (Å²) in [6, 6.07) is 7.60. The van der Waals surface area contributed by atoms with Crippen molar-refractivity contribution in [1.82, 2.24) is 20.9 Å². The van der Waals surface area contributed by atoms with Crippen LogP contribution in [0.3, 0.4) is 0 Å². The van der Waals surface area contributed by atoms with E-state index in [1.54, 1.807) is 25.9 Å². The summed E-state index contributed by atoms with van der Waals surface area (Å²) in [6.45, 7) is 2.79. The third-order valence-electron chi connectivity index (χ3n) is 8.85. The minimum absolute atomic E-state index is 0.0351. The number of rotatable bonds is 19. The first-order valence-electron chi connectivity index (χ1n) is 16.4. The maximum Gasteiger partial charge on any atom is 0.244 e. The lowest BCUT2D eigenvalue weighted by Crippen LogP contribution is -2.57. The van der Waals surface area contributed by atoms with Crippen LogP contribution in [0.1, 0.15) is 76.7 Å². The zero-order valence-electron chi connectivity index (χ0n) is 27.3. The van der Waals surface area contributed by atoms with E-state index in [1.165, 1.54) is 0 Å². The number of unbranched alkanes of at least 4 members (excludes halogenated alkanes) is 1. The fraction of sp³-hybridized carbons (Fsp3) is 0.639. The summed E-state index contributed by atoms with van der Waals surface area (Å²) in [5, 5.41) is 30.8. The van der Waals surface area contributed by atoms with Crippen LogP contribution >= 0.6 is 0 Å². The number of nitrogens with one attached hydrogen (secondary N) is 3. The number of amides is 3. The van der Waals surface area contributed by atoms with Gasteiger partial charge in [-0.3, -0.25) is 14.4 Å². The molecule has 1 aromatic carbocycles. The minimum atomic E-state index is -1.21. The van der Waals surface area contributed by atoms with E-state index in [1.807, 2.05) is 30.3 Å². The largest absolute Gasteiger partial charge is 0.390 e. The van der Waals surface area contributed by atoms with E-state index in [4.69, 9.17) is 12.8 Å². The highest BCUT2D eigenvalue weighted by Gasteiger charge is 2.35. The van der Waals surface area contributed by atoms with Crippen molar-refractivity contribution in [3.05, 3.63) is 35.9 Å². The molecular weight excluding hydrogens is 568 g/mol. The average molecular weight is 623 g/mol. The Morgan fingerprint density at radius 2 is 1.73 bits per heavy atom. The number of terminal acetylenes is 2. The van der Waals surface area contributed by atoms with Crippen LogP contribution in [0.4, 0.5) is 0 Å². The molecule has 6 atom stereocenters. The number of aliphatic hydroxyl groups excluding tert-OH is 2. The average Bonchev–Trinajstić information content (AvgIpc) is 3.05. The van der Waals surface area contributed by atoms with Gasteiger partial charge in [0.25, 0.3) is 0 Å². The van der Waals surface area contributed by atoms with Gasteiger partial charge in [0.05, 0.1) is 24.2 Å². The van der Waals surface area contributed by atoms with Gasteiger partial charge in [0.15, 0.2) is 0 Å². The molecule has 248 valence electrons.